The molecule has 0 bridgehead atoms. The van der Waals surface area contributed by atoms with Gasteiger partial charge in [-0.25, -0.2) is 0 Å². The highest BCUT2D eigenvalue weighted by atomic mass is 16.5. The number of nitrogens with zero attached hydrogens (tertiary/aromatic N) is 2. The first-order valence-corrected chi connectivity index (χ1v) is 9.95. The minimum Gasteiger partial charge on any atom is -0.380 e. The SMILES string of the molecule is CCOCCN1CCN([C@@H](C)C(=O)NCC2CCCCC2)C[C@H]1C. The molecule has 2 rings (SSSR count). The molecule has 2 atom stereocenters. The molecule has 0 spiro atoms. The van der Waals surface area contributed by atoms with Crippen LogP contribution in [0.5, 0.6) is 0 Å². The zero-order valence-corrected chi connectivity index (χ0v) is 15.9. The molecule has 0 unspecified atom stereocenters. The van der Waals surface area contributed by atoms with Crippen LogP contribution in [0.25, 0.3) is 0 Å². The molecule has 1 N–H and O–H groups in total. The number of nitrogens with one attached hydrogen (secondary N) is 1. The van der Waals surface area contributed by atoms with Crippen LogP contribution < -0.4 is 5.32 Å². The second-order valence-electron chi connectivity index (χ2n) is 7.50. The van der Waals surface area contributed by atoms with E-state index in [1.807, 2.05) is 6.92 Å². The average Bonchev–Trinajstić information content (AvgIpc) is 2.61. The Kier molecular flexibility index (Phi) is 8.50. The second kappa shape index (κ2) is 10.4. The third-order valence-corrected chi connectivity index (χ3v) is 5.74. The third kappa shape index (κ3) is 6.01. The summed E-state index contributed by atoms with van der Waals surface area (Å²) in [7, 11) is 0. The fraction of sp³-hybridized carbons (Fsp3) is 0.947. The highest BCUT2D eigenvalue weighted by Gasteiger charge is 2.29. The number of carbonyl (C=O) groups is 1. The summed E-state index contributed by atoms with van der Waals surface area (Å²) in [4.78, 5) is 17.3. The highest BCUT2D eigenvalue weighted by Crippen LogP contribution is 2.22. The fourth-order valence-electron chi connectivity index (χ4n) is 3.98. The molecule has 2 aliphatic rings. The highest BCUT2D eigenvalue weighted by molar-refractivity contribution is 5.81. The molecule has 0 aromatic heterocycles. The van der Waals surface area contributed by atoms with Gasteiger partial charge in [0.2, 0.25) is 5.91 Å². The Labute approximate surface area is 148 Å². The molecular formula is C19H37N3O2. The lowest BCUT2D eigenvalue weighted by Crippen LogP contribution is -2.57. The predicted octanol–water partition coefficient (Wildman–Crippen LogP) is 2.11. The van der Waals surface area contributed by atoms with Crippen LogP contribution in [0, 0.1) is 5.92 Å². The molecule has 1 heterocycles. The van der Waals surface area contributed by atoms with Crippen molar-refractivity contribution in [3.05, 3.63) is 0 Å². The number of ether oxygens (including phenoxy) is 1. The van der Waals surface area contributed by atoms with E-state index in [1.54, 1.807) is 0 Å². The topological polar surface area (TPSA) is 44.8 Å². The van der Waals surface area contributed by atoms with E-state index < -0.39 is 0 Å². The van der Waals surface area contributed by atoms with Crippen molar-refractivity contribution in [1.82, 2.24) is 15.1 Å². The summed E-state index contributed by atoms with van der Waals surface area (Å²) in [5, 5.41) is 3.20. The summed E-state index contributed by atoms with van der Waals surface area (Å²) >= 11 is 0. The summed E-state index contributed by atoms with van der Waals surface area (Å²) in [5.41, 5.74) is 0. The molecule has 24 heavy (non-hydrogen) atoms. The lowest BCUT2D eigenvalue weighted by Gasteiger charge is -2.42. The second-order valence-corrected chi connectivity index (χ2v) is 7.50. The monoisotopic (exact) mass is 339 g/mol. The van der Waals surface area contributed by atoms with Crippen molar-refractivity contribution in [2.45, 2.75) is 65.0 Å². The molecule has 1 aliphatic heterocycles. The molecule has 0 radical (unpaired) electrons. The van der Waals surface area contributed by atoms with Crippen molar-refractivity contribution in [1.29, 1.82) is 0 Å². The number of rotatable bonds is 8. The normalized spacial score (nSPS) is 25.5. The lowest BCUT2D eigenvalue weighted by atomic mass is 9.89. The van der Waals surface area contributed by atoms with E-state index in [9.17, 15) is 4.79 Å². The molecular weight excluding hydrogens is 302 g/mol. The minimum atomic E-state index is -0.0231. The van der Waals surface area contributed by atoms with Gasteiger partial charge in [0.25, 0.3) is 0 Å². The zero-order valence-electron chi connectivity index (χ0n) is 15.9. The van der Waals surface area contributed by atoms with Gasteiger partial charge in [-0.3, -0.25) is 14.6 Å². The van der Waals surface area contributed by atoms with Crippen LogP contribution in [0.15, 0.2) is 0 Å². The Morgan fingerprint density at radius 2 is 2.00 bits per heavy atom. The molecule has 0 aromatic carbocycles. The molecule has 140 valence electrons. The van der Waals surface area contributed by atoms with E-state index in [0.29, 0.717) is 12.0 Å². The minimum absolute atomic E-state index is 0.0231. The predicted molar refractivity (Wildman–Crippen MR) is 98.1 cm³/mol. The lowest BCUT2D eigenvalue weighted by molar-refractivity contribution is -0.127. The maximum absolute atomic E-state index is 12.5. The smallest absolute Gasteiger partial charge is 0.237 e. The summed E-state index contributed by atoms with van der Waals surface area (Å²) in [6, 6.07) is 0.456. The first-order chi connectivity index (χ1) is 11.6. The number of carbonyl (C=O) groups excluding carboxylic acids is 1. The van der Waals surface area contributed by atoms with Crippen molar-refractivity contribution in [3.63, 3.8) is 0 Å². The van der Waals surface area contributed by atoms with Crippen molar-refractivity contribution in [3.8, 4) is 0 Å². The quantitative estimate of drug-likeness (QED) is 0.688. The van der Waals surface area contributed by atoms with Crippen molar-refractivity contribution < 1.29 is 9.53 Å². The van der Waals surface area contributed by atoms with E-state index >= 15 is 0 Å². The van der Waals surface area contributed by atoms with Gasteiger partial charge < -0.3 is 10.1 Å². The summed E-state index contributed by atoms with van der Waals surface area (Å²) in [5.74, 6) is 0.903. The van der Waals surface area contributed by atoms with Crippen LogP contribution in [0.1, 0.15) is 52.9 Å². The summed E-state index contributed by atoms with van der Waals surface area (Å²) in [6.07, 6.45) is 6.59. The Bertz CT molecular complexity index is 372. The van der Waals surface area contributed by atoms with Crippen molar-refractivity contribution >= 4 is 5.91 Å². The molecule has 0 aromatic rings. The maximum atomic E-state index is 12.5. The van der Waals surface area contributed by atoms with Crippen molar-refractivity contribution in [2.24, 2.45) is 5.92 Å². The van der Waals surface area contributed by atoms with Crippen LogP contribution in [-0.2, 0) is 9.53 Å². The Balaban J connectivity index is 1.70. The third-order valence-electron chi connectivity index (χ3n) is 5.74. The molecule has 5 nitrogen and oxygen atoms in total. The Morgan fingerprint density at radius 3 is 2.67 bits per heavy atom. The van der Waals surface area contributed by atoms with Gasteiger partial charge >= 0.3 is 0 Å². The van der Waals surface area contributed by atoms with E-state index in [1.165, 1.54) is 32.1 Å². The fourth-order valence-corrected chi connectivity index (χ4v) is 3.98. The largest absolute Gasteiger partial charge is 0.380 e. The Morgan fingerprint density at radius 1 is 1.25 bits per heavy atom. The van der Waals surface area contributed by atoms with E-state index in [2.05, 4.69) is 29.0 Å². The van der Waals surface area contributed by atoms with Gasteiger partial charge in [0.1, 0.15) is 0 Å². The number of hydrogen-bond donors (Lipinski definition) is 1. The summed E-state index contributed by atoms with van der Waals surface area (Å²) in [6.45, 7) is 12.7. The standard InChI is InChI=1S/C19H37N3O2/c1-4-24-13-12-21-10-11-22(15-16(21)2)17(3)19(23)20-14-18-8-6-5-7-9-18/h16-18H,4-15H2,1-3H3,(H,20,23)/t16-,17+/m1/s1. The molecule has 1 saturated carbocycles. The van der Waals surface area contributed by atoms with Crippen LogP contribution >= 0.6 is 0 Å². The number of amides is 1. The first kappa shape index (κ1) is 19.7. The molecule has 5 heteroatoms. The molecule has 1 amide bonds. The van der Waals surface area contributed by atoms with Gasteiger partial charge in [0.15, 0.2) is 0 Å². The Hall–Kier alpha value is -0.650. The molecule has 1 saturated heterocycles. The van der Waals surface area contributed by atoms with Gasteiger partial charge in [-0.2, -0.15) is 0 Å². The van der Waals surface area contributed by atoms with E-state index in [-0.39, 0.29) is 11.9 Å². The van der Waals surface area contributed by atoms with Crippen LogP contribution in [-0.4, -0.2) is 73.7 Å². The maximum Gasteiger partial charge on any atom is 0.237 e. The number of hydrogen-bond acceptors (Lipinski definition) is 4. The van der Waals surface area contributed by atoms with Gasteiger partial charge in [-0.1, -0.05) is 19.3 Å². The van der Waals surface area contributed by atoms with Gasteiger partial charge in [-0.15, -0.1) is 0 Å². The number of piperazine rings is 1. The van der Waals surface area contributed by atoms with Gasteiger partial charge in [-0.05, 0) is 39.5 Å². The van der Waals surface area contributed by atoms with E-state index in [4.69, 9.17) is 4.74 Å². The zero-order chi connectivity index (χ0) is 17.4. The van der Waals surface area contributed by atoms with Gasteiger partial charge in [0, 0.05) is 45.4 Å². The molecule has 1 aliphatic carbocycles. The van der Waals surface area contributed by atoms with Crippen molar-refractivity contribution in [2.75, 3.05) is 45.9 Å². The average molecular weight is 340 g/mol. The molecule has 2 fully saturated rings. The summed E-state index contributed by atoms with van der Waals surface area (Å²) < 4.78 is 5.47. The first-order valence-electron chi connectivity index (χ1n) is 9.95. The van der Waals surface area contributed by atoms with Gasteiger partial charge in [0.05, 0.1) is 12.6 Å². The van der Waals surface area contributed by atoms with Crippen LogP contribution in [0.4, 0.5) is 0 Å². The van der Waals surface area contributed by atoms with Crippen LogP contribution in [0.2, 0.25) is 0 Å². The van der Waals surface area contributed by atoms with Crippen LogP contribution in [0.3, 0.4) is 0 Å². The van der Waals surface area contributed by atoms with E-state index in [0.717, 1.165) is 45.9 Å².